The highest BCUT2D eigenvalue weighted by Crippen LogP contribution is 2.32. The number of benzene rings is 3. The van der Waals surface area contributed by atoms with Crippen molar-refractivity contribution in [3.05, 3.63) is 98.3 Å². The Bertz CT molecular complexity index is 1600. The number of non-ortho nitro benzene ring substituents is 1. The summed E-state index contributed by atoms with van der Waals surface area (Å²) in [5.41, 5.74) is -1.80. The summed E-state index contributed by atoms with van der Waals surface area (Å²) in [6.45, 7) is 1.13. The molecular formula is C24H15F3N4O5. The quantitative estimate of drug-likeness (QED) is 0.129. The van der Waals surface area contributed by atoms with E-state index in [1.165, 1.54) is 30.3 Å². The van der Waals surface area contributed by atoms with Crippen LogP contribution in [0.5, 0.6) is 5.75 Å². The van der Waals surface area contributed by atoms with Crippen LogP contribution in [0.4, 0.5) is 18.9 Å². The summed E-state index contributed by atoms with van der Waals surface area (Å²) in [6.07, 6.45) is -3.61. The molecule has 4 aromatic rings. The molecule has 0 spiro atoms. The summed E-state index contributed by atoms with van der Waals surface area (Å²) in [5.74, 6) is -0.965. The van der Waals surface area contributed by atoms with E-state index < -0.39 is 28.2 Å². The Hall–Kier alpha value is -4.87. The van der Waals surface area contributed by atoms with Crippen molar-refractivity contribution in [2.45, 2.75) is 13.1 Å². The van der Waals surface area contributed by atoms with E-state index in [1.54, 1.807) is 12.1 Å². The number of carbonyl (C=O) groups is 1. The van der Waals surface area contributed by atoms with Crippen molar-refractivity contribution in [1.82, 2.24) is 9.66 Å². The summed E-state index contributed by atoms with van der Waals surface area (Å²) in [5, 5.41) is 15.4. The maximum Gasteiger partial charge on any atom is 0.416 e. The van der Waals surface area contributed by atoms with Gasteiger partial charge in [-0.15, -0.1) is 0 Å². The van der Waals surface area contributed by atoms with Crippen LogP contribution < -0.4 is 10.3 Å². The fourth-order valence-electron chi connectivity index (χ4n) is 3.37. The predicted molar refractivity (Wildman–Crippen MR) is 124 cm³/mol. The molecule has 0 unspecified atom stereocenters. The third-order valence-electron chi connectivity index (χ3n) is 4.97. The third kappa shape index (κ3) is 4.97. The molecule has 0 saturated heterocycles. The van der Waals surface area contributed by atoms with Gasteiger partial charge in [0.2, 0.25) is 0 Å². The van der Waals surface area contributed by atoms with E-state index in [0.29, 0.717) is 0 Å². The first-order valence-corrected chi connectivity index (χ1v) is 10.3. The molecule has 0 aliphatic rings. The highest BCUT2D eigenvalue weighted by atomic mass is 19.4. The minimum absolute atomic E-state index is 0.0190. The van der Waals surface area contributed by atoms with Crippen molar-refractivity contribution in [2.24, 2.45) is 5.10 Å². The second kappa shape index (κ2) is 9.41. The first kappa shape index (κ1) is 24.3. The minimum Gasteiger partial charge on any atom is -0.426 e. The molecule has 3 aromatic carbocycles. The fraction of sp³-hybridized carbons (Fsp3) is 0.0833. The number of halogens is 3. The van der Waals surface area contributed by atoms with E-state index in [0.717, 1.165) is 42.1 Å². The van der Waals surface area contributed by atoms with Crippen molar-refractivity contribution in [1.29, 1.82) is 0 Å². The smallest absolute Gasteiger partial charge is 0.416 e. The van der Waals surface area contributed by atoms with Crippen molar-refractivity contribution in [2.75, 3.05) is 0 Å². The highest BCUT2D eigenvalue weighted by molar-refractivity contribution is 5.87. The Balaban J connectivity index is 1.95. The van der Waals surface area contributed by atoms with Crippen LogP contribution in [0.2, 0.25) is 0 Å². The van der Waals surface area contributed by atoms with E-state index in [2.05, 4.69) is 10.1 Å². The zero-order valence-electron chi connectivity index (χ0n) is 18.4. The average Bonchev–Trinajstić information content (AvgIpc) is 2.83. The van der Waals surface area contributed by atoms with E-state index in [4.69, 9.17) is 4.74 Å². The topological polar surface area (TPSA) is 117 Å². The Kier molecular flexibility index (Phi) is 6.34. The predicted octanol–water partition coefficient (Wildman–Crippen LogP) is 4.80. The van der Waals surface area contributed by atoms with Gasteiger partial charge in [-0.2, -0.15) is 22.9 Å². The molecule has 9 nitrogen and oxygen atoms in total. The first-order chi connectivity index (χ1) is 17.0. The number of nitrogens with zero attached hydrogens (tertiary/aromatic N) is 4. The molecule has 0 amide bonds. The number of ether oxygens (including phenoxy) is 1. The van der Waals surface area contributed by atoms with Gasteiger partial charge in [0, 0.05) is 30.2 Å². The summed E-state index contributed by atoms with van der Waals surface area (Å²) in [4.78, 5) is 39.6. The van der Waals surface area contributed by atoms with Gasteiger partial charge in [-0.3, -0.25) is 19.7 Å². The maximum absolute atomic E-state index is 13.3. The van der Waals surface area contributed by atoms with Gasteiger partial charge < -0.3 is 4.74 Å². The van der Waals surface area contributed by atoms with Gasteiger partial charge in [-0.25, -0.2) is 4.98 Å². The van der Waals surface area contributed by atoms with E-state index in [9.17, 15) is 32.9 Å². The molecule has 0 bridgehead atoms. The lowest BCUT2D eigenvalue weighted by atomic mass is 10.1. The van der Waals surface area contributed by atoms with Gasteiger partial charge in [0.05, 0.1) is 27.6 Å². The van der Waals surface area contributed by atoms with Crippen molar-refractivity contribution in [3.8, 4) is 17.1 Å². The molecule has 0 atom stereocenters. The van der Waals surface area contributed by atoms with Crippen LogP contribution in [0.1, 0.15) is 18.1 Å². The summed E-state index contributed by atoms with van der Waals surface area (Å²) in [6, 6.07) is 13.8. The number of esters is 1. The van der Waals surface area contributed by atoms with Crippen LogP contribution in [-0.4, -0.2) is 26.8 Å². The zero-order chi connectivity index (χ0) is 26.0. The molecule has 4 rings (SSSR count). The molecule has 1 aromatic heterocycles. The van der Waals surface area contributed by atoms with Gasteiger partial charge in [0.1, 0.15) is 5.75 Å². The van der Waals surface area contributed by atoms with E-state index >= 15 is 0 Å². The molecule has 182 valence electrons. The Morgan fingerprint density at radius 3 is 2.56 bits per heavy atom. The molecule has 36 heavy (non-hydrogen) atoms. The summed E-state index contributed by atoms with van der Waals surface area (Å²) < 4.78 is 45.8. The fourth-order valence-corrected chi connectivity index (χ4v) is 3.37. The van der Waals surface area contributed by atoms with E-state index in [-0.39, 0.29) is 39.3 Å². The van der Waals surface area contributed by atoms with Gasteiger partial charge in [0.25, 0.3) is 11.2 Å². The lowest BCUT2D eigenvalue weighted by Crippen LogP contribution is -2.20. The van der Waals surface area contributed by atoms with Crippen molar-refractivity contribution >= 4 is 28.8 Å². The van der Waals surface area contributed by atoms with Crippen molar-refractivity contribution < 1.29 is 27.6 Å². The Morgan fingerprint density at radius 1 is 1.11 bits per heavy atom. The lowest BCUT2D eigenvalue weighted by molar-refractivity contribution is -0.384. The van der Waals surface area contributed by atoms with Crippen LogP contribution >= 0.6 is 0 Å². The first-order valence-electron chi connectivity index (χ1n) is 10.3. The number of hydrogen-bond donors (Lipinski definition) is 0. The monoisotopic (exact) mass is 496 g/mol. The second-order valence-corrected chi connectivity index (χ2v) is 7.47. The van der Waals surface area contributed by atoms with Gasteiger partial charge in [-0.1, -0.05) is 24.3 Å². The van der Waals surface area contributed by atoms with Crippen LogP contribution in [0.25, 0.3) is 22.3 Å². The lowest BCUT2D eigenvalue weighted by Gasteiger charge is -2.12. The highest BCUT2D eigenvalue weighted by Gasteiger charge is 2.31. The molecule has 0 saturated carbocycles. The number of para-hydroxylation sites is 1. The second-order valence-electron chi connectivity index (χ2n) is 7.47. The number of alkyl halides is 3. The zero-order valence-corrected chi connectivity index (χ0v) is 18.4. The van der Waals surface area contributed by atoms with Crippen LogP contribution in [0, 0.1) is 10.1 Å². The Morgan fingerprint density at radius 2 is 1.86 bits per heavy atom. The van der Waals surface area contributed by atoms with Crippen LogP contribution in [0.3, 0.4) is 0 Å². The Labute approximate surface area is 200 Å². The minimum atomic E-state index is -4.64. The molecule has 0 aliphatic carbocycles. The summed E-state index contributed by atoms with van der Waals surface area (Å²) in [7, 11) is 0. The van der Waals surface area contributed by atoms with Gasteiger partial charge in [0.15, 0.2) is 5.82 Å². The molecular weight excluding hydrogens is 481 g/mol. The summed E-state index contributed by atoms with van der Waals surface area (Å²) >= 11 is 0. The molecule has 12 heteroatoms. The van der Waals surface area contributed by atoms with Gasteiger partial charge >= 0.3 is 12.1 Å². The van der Waals surface area contributed by atoms with E-state index in [1.807, 2.05) is 0 Å². The molecule has 1 heterocycles. The number of fused-ring (bicyclic) bond motifs is 1. The molecule has 0 fully saturated rings. The standard InChI is InChI=1S/C24H15F3N4O5/c1-14(32)36-21-10-9-18(31(34)35)12-16(21)13-28-30-22(15-5-4-6-17(11-15)24(25,26)27)29-20-8-3-2-7-19(20)23(30)33/h2-13H,1H3. The largest absolute Gasteiger partial charge is 0.426 e. The van der Waals surface area contributed by atoms with Gasteiger partial charge in [-0.05, 0) is 30.3 Å². The number of carbonyl (C=O) groups excluding carboxylic acids is 1. The maximum atomic E-state index is 13.3. The number of rotatable bonds is 5. The molecule has 0 aliphatic heterocycles. The normalized spacial score (nSPS) is 11.7. The van der Waals surface area contributed by atoms with Crippen LogP contribution in [-0.2, 0) is 11.0 Å². The molecule has 0 radical (unpaired) electrons. The third-order valence-corrected chi connectivity index (χ3v) is 4.97. The number of aromatic nitrogens is 2. The SMILES string of the molecule is CC(=O)Oc1ccc([N+](=O)[O-])cc1C=Nn1c(-c2cccc(C(F)(F)F)c2)nc2ccccc2c1=O. The number of hydrogen-bond acceptors (Lipinski definition) is 7. The molecule has 0 N–H and O–H groups in total. The average molecular weight is 496 g/mol. The van der Waals surface area contributed by atoms with Crippen LogP contribution in [0.15, 0.2) is 76.6 Å². The van der Waals surface area contributed by atoms with Crippen molar-refractivity contribution in [3.63, 3.8) is 0 Å². The number of nitro benzene ring substituents is 1. The number of nitro groups is 1.